The molecule has 1 aromatic rings. The molecule has 4 rings (SSSR count). The fraction of sp³-hybridized carbons (Fsp3) is 0.550. The number of halogens is 1. The van der Waals surface area contributed by atoms with E-state index in [9.17, 15) is 18.2 Å². The van der Waals surface area contributed by atoms with E-state index < -0.39 is 27.7 Å². The maximum absolute atomic E-state index is 14.9. The van der Waals surface area contributed by atoms with Gasteiger partial charge >= 0.3 is 12.2 Å². The predicted molar refractivity (Wildman–Crippen MR) is 122 cm³/mol. The Morgan fingerprint density at radius 1 is 1.38 bits per heavy atom. The van der Waals surface area contributed by atoms with Gasteiger partial charge in [0, 0.05) is 30.5 Å². The Balaban J connectivity index is 1.38. The SMILES string of the molecule is COC(=O)N=S1(=O)CCN(c2ccc(N3CC(CNC(=S)C4CC4)OC3=O)cc2F)CC1. The number of carbonyl (C=O) groups is 2. The number of methoxy groups -OCH3 is 1. The Morgan fingerprint density at radius 2 is 2.09 bits per heavy atom. The summed E-state index contributed by atoms with van der Waals surface area (Å²) < 4.78 is 41.0. The van der Waals surface area contributed by atoms with Crippen LogP contribution in [0.5, 0.6) is 0 Å². The number of carbonyl (C=O) groups excluding carboxylic acids is 2. The number of amides is 2. The van der Waals surface area contributed by atoms with Crippen molar-refractivity contribution < 1.29 is 27.7 Å². The van der Waals surface area contributed by atoms with E-state index in [1.54, 1.807) is 17.0 Å². The number of hydrogen-bond donors (Lipinski definition) is 1. The molecule has 3 fully saturated rings. The van der Waals surface area contributed by atoms with Crippen LogP contribution >= 0.6 is 12.2 Å². The van der Waals surface area contributed by atoms with E-state index in [1.807, 2.05) is 0 Å². The first-order valence-corrected chi connectivity index (χ1v) is 12.6. The van der Waals surface area contributed by atoms with Crippen molar-refractivity contribution in [2.75, 3.05) is 54.6 Å². The van der Waals surface area contributed by atoms with Crippen LogP contribution in [0.3, 0.4) is 0 Å². The maximum Gasteiger partial charge on any atom is 0.441 e. The Bertz CT molecular complexity index is 1040. The van der Waals surface area contributed by atoms with E-state index in [1.165, 1.54) is 18.1 Å². The molecule has 1 saturated carbocycles. The van der Waals surface area contributed by atoms with Crippen molar-refractivity contribution in [2.24, 2.45) is 10.3 Å². The lowest BCUT2D eigenvalue weighted by molar-refractivity contribution is 0.143. The largest absolute Gasteiger partial charge is 0.451 e. The van der Waals surface area contributed by atoms with Gasteiger partial charge in [-0.3, -0.25) is 4.90 Å². The molecular weight excluding hydrogens is 459 g/mol. The van der Waals surface area contributed by atoms with Gasteiger partial charge in [0.1, 0.15) is 11.9 Å². The molecular formula is C20H25FN4O5S2. The van der Waals surface area contributed by atoms with Gasteiger partial charge in [0.2, 0.25) is 0 Å². The topological polar surface area (TPSA) is 101 Å². The maximum atomic E-state index is 14.9. The number of benzene rings is 1. The summed E-state index contributed by atoms with van der Waals surface area (Å²) in [6, 6.07) is 4.55. The van der Waals surface area contributed by atoms with Gasteiger partial charge in [-0.05, 0) is 31.0 Å². The summed E-state index contributed by atoms with van der Waals surface area (Å²) in [5.74, 6) is 0.223. The molecule has 174 valence electrons. The molecule has 2 saturated heterocycles. The minimum absolute atomic E-state index is 0.138. The second-order valence-electron chi connectivity index (χ2n) is 8.00. The molecule has 0 aromatic heterocycles. The van der Waals surface area contributed by atoms with E-state index in [4.69, 9.17) is 17.0 Å². The zero-order valence-electron chi connectivity index (χ0n) is 17.6. The first kappa shape index (κ1) is 22.7. The van der Waals surface area contributed by atoms with Crippen LogP contribution in [0.4, 0.5) is 25.4 Å². The fourth-order valence-corrected chi connectivity index (χ4v) is 5.75. The average Bonchev–Trinajstić information content (AvgIpc) is 3.55. The second kappa shape index (κ2) is 9.18. The van der Waals surface area contributed by atoms with Gasteiger partial charge in [-0.25, -0.2) is 18.2 Å². The molecule has 1 atom stereocenters. The van der Waals surface area contributed by atoms with Crippen LogP contribution in [0, 0.1) is 11.7 Å². The van der Waals surface area contributed by atoms with Gasteiger partial charge in [-0.15, -0.1) is 4.36 Å². The monoisotopic (exact) mass is 484 g/mol. The molecule has 3 aliphatic rings. The molecule has 32 heavy (non-hydrogen) atoms. The zero-order chi connectivity index (χ0) is 22.9. The van der Waals surface area contributed by atoms with Gasteiger partial charge in [0.05, 0.1) is 46.3 Å². The molecule has 12 heteroatoms. The van der Waals surface area contributed by atoms with Crippen LogP contribution < -0.4 is 15.1 Å². The minimum atomic E-state index is -2.70. The van der Waals surface area contributed by atoms with Crippen molar-refractivity contribution in [3.63, 3.8) is 0 Å². The first-order chi connectivity index (χ1) is 15.3. The summed E-state index contributed by atoms with van der Waals surface area (Å²) in [7, 11) is -1.52. The highest BCUT2D eigenvalue weighted by atomic mass is 32.2. The van der Waals surface area contributed by atoms with E-state index in [0.717, 1.165) is 17.8 Å². The number of hydrogen-bond acceptors (Lipinski definition) is 7. The van der Waals surface area contributed by atoms with Crippen LogP contribution in [-0.4, -0.2) is 72.3 Å². The molecule has 0 radical (unpaired) electrons. The Hall–Kier alpha value is -2.47. The van der Waals surface area contributed by atoms with Crippen molar-refractivity contribution in [1.82, 2.24) is 5.32 Å². The van der Waals surface area contributed by atoms with Crippen LogP contribution in [0.15, 0.2) is 22.6 Å². The van der Waals surface area contributed by atoms with E-state index in [2.05, 4.69) is 14.4 Å². The lowest BCUT2D eigenvalue weighted by Crippen LogP contribution is -2.41. The number of cyclic esters (lactones) is 1. The smallest absolute Gasteiger partial charge is 0.441 e. The molecule has 2 amide bonds. The Labute approximate surface area is 191 Å². The standard InChI is InChI=1S/C20H25FN4O5S2/c1-29-19(26)23-32(28)8-6-24(7-9-32)17-5-4-14(10-16(17)21)25-12-15(30-20(25)27)11-22-18(31)13-2-3-13/h4-5,10,13,15H,2-3,6-9,11-12H2,1H3,(H,22,31). The lowest BCUT2D eigenvalue weighted by Gasteiger charge is -2.31. The first-order valence-electron chi connectivity index (χ1n) is 10.4. The summed E-state index contributed by atoms with van der Waals surface area (Å²) in [6.07, 6.45) is 0.447. The van der Waals surface area contributed by atoms with Crippen LogP contribution in [0.25, 0.3) is 0 Å². The summed E-state index contributed by atoms with van der Waals surface area (Å²) in [6.45, 7) is 1.31. The van der Waals surface area contributed by atoms with Crippen LogP contribution in [-0.2, 0) is 19.2 Å². The minimum Gasteiger partial charge on any atom is -0.451 e. The second-order valence-corrected chi connectivity index (χ2v) is 11.0. The number of nitrogens with zero attached hydrogens (tertiary/aromatic N) is 3. The van der Waals surface area contributed by atoms with Crippen molar-refractivity contribution in [3.8, 4) is 0 Å². The molecule has 9 nitrogen and oxygen atoms in total. The van der Waals surface area contributed by atoms with Crippen molar-refractivity contribution in [2.45, 2.75) is 18.9 Å². The fourth-order valence-electron chi connectivity index (χ4n) is 3.69. The van der Waals surface area contributed by atoms with Gasteiger partial charge in [-0.1, -0.05) is 12.2 Å². The van der Waals surface area contributed by atoms with Gasteiger partial charge in [0.25, 0.3) is 0 Å². The van der Waals surface area contributed by atoms with Gasteiger partial charge in [0.15, 0.2) is 0 Å². The highest BCUT2D eigenvalue weighted by Gasteiger charge is 2.34. The summed E-state index contributed by atoms with van der Waals surface area (Å²) >= 11 is 5.30. The van der Waals surface area contributed by atoms with E-state index in [-0.39, 0.29) is 30.7 Å². The third kappa shape index (κ3) is 5.12. The number of ether oxygens (including phenoxy) is 2. The van der Waals surface area contributed by atoms with Crippen molar-refractivity contribution >= 4 is 50.5 Å². The Morgan fingerprint density at radius 3 is 2.72 bits per heavy atom. The predicted octanol–water partition coefficient (Wildman–Crippen LogP) is 2.53. The quantitative estimate of drug-likeness (QED) is 0.637. The molecule has 2 aliphatic heterocycles. The number of nitrogens with one attached hydrogen (secondary N) is 1. The van der Waals surface area contributed by atoms with Crippen molar-refractivity contribution in [3.05, 3.63) is 24.0 Å². The van der Waals surface area contributed by atoms with E-state index >= 15 is 0 Å². The normalized spacial score (nSPS) is 22.3. The van der Waals surface area contributed by atoms with Gasteiger partial charge < -0.3 is 19.7 Å². The zero-order valence-corrected chi connectivity index (χ0v) is 19.3. The molecule has 1 N–H and O–H groups in total. The summed E-state index contributed by atoms with van der Waals surface area (Å²) in [4.78, 5) is 27.6. The molecule has 0 bridgehead atoms. The molecule has 1 aliphatic carbocycles. The summed E-state index contributed by atoms with van der Waals surface area (Å²) in [5.41, 5.74) is 0.749. The number of rotatable bonds is 5. The highest BCUT2D eigenvalue weighted by Crippen LogP contribution is 2.31. The molecule has 1 unspecified atom stereocenters. The third-order valence-corrected chi connectivity index (χ3v) is 8.29. The molecule has 0 spiro atoms. The third-order valence-electron chi connectivity index (χ3n) is 5.69. The van der Waals surface area contributed by atoms with Crippen LogP contribution in [0.2, 0.25) is 0 Å². The highest BCUT2D eigenvalue weighted by molar-refractivity contribution is 7.94. The average molecular weight is 485 g/mol. The van der Waals surface area contributed by atoms with Crippen LogP contribution in [0.1, 0.15) is 12.8 Å². The Kier molecular flexibility index (Phi) is 6.52. The lowest BCUT2D eigenvalue weighted by atomic mass is 10.2. The number of anilines is 2. The van der Waals surface area contributed by atoms with E-state index in [0.29, 0.717) is 30.4 Å². The van der Waals surface area contributed by atoms with Gasteiger partial charge in [-0.2, -0.15) is 0 Å². The molecule has 1 aromatic carbocycles. The summed E-state index contributed by atoms with van der Waals surface area (Å²) in [5, 5.41) is 3.15. The number of thiocarbonyl (C=S) groups is 1. The molecule has 2 heterocycles. The van der Waals surface area contributed by atoms with Crippen molar-refractivity contribution in [1.29, 1.82) is 0 Å².